The fourth-order valence-electron chi connectivity index (χ4n) is 2.73. The van der Waals surface area contributed by atoms with Gasteiger partial charge in [-0.2, -0.15) is 0 Å². The van der Waals surface area contributed by atoms with Gasteiger partial charge in [0.2, 0.25) is 0 Å². The van der Waals surface area contributed by atoms with Crippen molar-refractivity contribution in [1.29, 1.82) is 5.41 Å². The number of nitrogens with one attached hydrogen (secondary N) is 1. The van der Waals surface area contributed by atoms with Gasteiger partial charge in [-0.25, -0.2) is 8.42 Å². The number of amidine groups is 1. The number of rotatable bonds is 5. The molecule has 1 aromatic carbocycles. The van der Waals surface area contributed by atoms with E-state index in [0.29, 0.717) is 12.8 Å². The van der Waals surface area contributed by atoms with Crippen LogP contribution in [0.25, 0.3) is 0 Å². The van der Waals surface area contributed by atoms with Crippen LogP contribution in [-0.2, 0) is 9.84 Å². The van der Waals surface area contributed by atoms with Gasteiger partial charge >= 0.3 is 0 Å². The molecule has 1 saturated heterocycles. The molecule has 5 nitrogen and oxygen atoms in total. The number of nitrogens with zero attached hydrogens (tertiary/aromatic N) is 1. The maximum absolute atomic E-state index is 11.6. The van der Waals surface area contributed by atoms with Crippen LogP contribution in [0.3, 0.4) is 0 Å². The fraction of sp³-hybridized carbons (Fsp3) is 0.500. The first kappa shape index (κ1) is 15.0. The average molecular weight is 295 g/mol. The predicted octanol–water partition coefficient (Wildman–Crippen LogP) is 1.17. The van der Waals surface area contributed by atoms with Crippen LogP contribution in [-0.4, -0.2) is 43.7 Å². The van der Waals surface area contributed by atoms with E-state index in [1.54, 1.807) is 0 Å². The molecule has 2 unspecified atom stereocenters. The molecule has 0 amide bonds. The van der Waals surface area contributed by atoms with E-state index >= 15 is 0 Å². The Morgan fingerprint density at radius 1 is 1.45 bits per heavy atom. The van der Waals surface area contributed by atoms with Crippen molar-refractivity contribution < 1.29 is 8.42 Å². The van der Waals surface area contributed by atoms with Gasteiger partial charge in [-0.3, -0.25) is 10.3 Å². The second kappa shape index (κ2) is 5.93. The molecule has 1 aliphatic rings. The summed E-state index contributed by atoms with van der Waals surface area (Å²) in [6, 6.07) is 9.77. The molecule has 1 heterocycles. The Balaban J connectivity index is 2.21. The first-order chi connectivity index (χ1) is 9.39. The Bertz CT molecular complexity index is 571. The van der Waals surface area contributed by atoms with E-state index in [-0.39, 0.29) is 29.4 Å². The zero-order valence-corrected chi connectivity index (χ0v) is 12.4. The molecule has 0 aliphatic carbocycles. The first-order valence-electron chi connectivity index (χ1n) is 6.69. The van der Waals surface area contributed by atoms with Crippen LogP contribution < -0.4 is 5.73 Å². The van der Waals surface area contributed by atoms with E-state index in [0.717, 1.165) is 5.56 Å². The van der Waals surface area contributed by atoms with E-state index in [1.807, 2.05) is 37.4 Å². The lowest BCUT2D eigenvalue weighted by Crippen LogP contribution is -2.37. The van der Waals surface area contributed by atoms with Crippen molar-refractivity contribution in [1.82, 2.24) is 4.90 Å². The summed E-state index contributed by atoms with van der Waals surface area (Å²) in [6.07, 6.45) is 1.07. The van der Waals surface area contributed by atoms with Gasteiger partial charge in [0, 0.05) is 18.5 Å². The predicted molar refractivity (Wildman–Crippen MR) is 80.5 cm³/mol. The minimum atomic E-state index is -2.91. The van der Waals surface area contributed by atoms with E-state index in [2.05, 4.69) is 4.90 Å². The van der Waals surface area contributed by atoms with Crippen LogP contribution in [0.15, 0.2) is 30.3 Å². The Kier molecular flexibility index (Phi) is 4.45. The molecule has 0 spiro atoms. The Morgan fingerprint density at radius 3 is 2.60 bits per heavy atom. The van der Waals surface area contributed by atoms with Gasteiger partial charge in [-0.1, -0.05) is 30.3 Å². The highest BCUT2D eigenvalue weighted by Gasteiger charge is 2.34. The molecule has 3 N–H and O–H groups in total. The molecule has 0 aromatic heterocycles. The SMILES string of the molecule is CN(C1CCS(=O)(=O)C1)C(CC(=N)N)c1ccccc1. The maximum atomic E-state index is 11.6. The van der Waals surface area contributed by atoms with Crippen molar-refractivity contribution in [3.63, 3.8) is 0 Å². The number of nitrogens with two attached hydrogens (primary N) is 1. The second-order valence-corrected chi connectivity index (χ2v) is 7.61. The van der Waals surface area contributed by atoms with Crippen molar-refractivity contribution in [2.24, 2.45) is 5.73 Å². The highest BCUT2D eigenvalue weighted by atomic mass is 32.2. The van der Waals surface area contributed by atoms with Crippen molar-refractivity contribution in [2.45, 2.75) is 24.9 Å². The Hall–Kier alpha value is -1.40. The van der Waals surface area contributed by atoms with E-state index < -0.39 is 9.84 Å². The standard InChI is InChI=1S/C14H21N3O2S/c1-17(12-7-8-20(18,19)10-12)13(9-14(15)16)11-5-3-2-4-6-11/h2-6,12-13H,7-10H2,1H3,(H3,15,16). The van der Waals surface area contributed by atoms with Crippen molar-refractivity contribution in [3.05, 3.63) is 35.9 Å². The summed E-state index contributed by atoms with van der Waals surface area (Å²) in [5.41, 5.74) is 6.62. The molecule has 110 valence electrons. The zero-order chi connectivity index (χ0) is 14.8. The molecule has 20 heavy (non-hydrogen) atoms. The molecule has 6 heteroatoms. The van der Waals surface area contributed by atoms with E-state index in [9.17, 15) is 8.42 Å². The van der Waals surface area contributed by atoms with Gasteiger partial charge in [0.1, 0.15) is 0 Å². The summed E-state index contributed by atoms with van der Waals surface area (Å²) in [5.74, 6) is 0.570. The van der Waals surface area contributed by atoms with Crippen LogP contribution in [0, 0.1) is 5.41 Å². The Labute approximate surface area is 120 Å². The van der Waals surface area contributed by atoms with Gasteiger partial charge in [-0.05, 0) is 19.0 Å². The molecular formula is C14H21N3O2S. The lowest BCUT2D eigenvalue weighted by Gasteiger charge is -2.32. The third-order valence-corrected chi connectivity index (χ3v) is 5.62. The highest BCUT2D eigenvalue weighted by Crippen LogP contribution is 2.28. The first-order valence-corrected chi connectivity index (χ1v) is 8.51. The van der Waals surface area contributed by atoms with Crippen LogP contribution in [0.4, 0.5) is 0 Å². The Morgan fingerprint density at radius 2 is 2.10 bits per heavy atom. The fourth-order valence-corrected chi connectivity index (χ4v) is 4.52. The van der Waals surface area contributed by atoms with E-state index in [4.69, 9.17) is 11.1 Å². The maximum Gasteiger partial charge on any atom is 0.151 e. The van der Waals surface area contributed by atoms with E-state index in [1.165, 1.54) is 0 Å². The quantitative estimate of drug-likeness (QED) is 0.630. The molecule has 2 rings (SSSR count). The minimum absolute atomic E-state index is 0.00422. The third kappa shape index (κ3) is 3.58. The molecule has 1 aliphatic heterocycles. The van der Waals surface area contributed by atoms with Crippen LogP contribution in [0.2, 0.25) is 0 Å². The summed E-state index contributed by atoms with van der Waals surface area (Å²) in [4.78, 5) is 2.06. The largest absolute Gasteiger partial charge is 0.388 e. The van der Waals surface area contributed by atoms with Gasteiger partial charge in [-0.15, -0.1) is 0 Å². The number of benzene rings is 1. The topological polar surface area (TPSA) is 87.2 Å². The zero-order valence-electron chi connectivity index (χ0n) is 11.6. The summed E-state index contributed by atoms with van der Waals surface area (Å²) >= 11 is 0. The molecule has 1 aromatic rings. The number of hydrogen-bond donors (Lipinski definition) is 2. The summed E-state index contributed by atoms with van der Waals surface area (Å²) in [5, 5.41) is 7.55. The monoisotopic (exact) mass is 295 g/mol. The molecule has 0 radical (unpaired) electrons. The molecule has 0 bridgehead atoms. The summed E-state index contributed by atoms with van der Waals surface area (Å²) in [7, 11) is -0.989. The van der Waals surface area contributed by atoms with Gasteiger partial charge in [0.15, 0.2) is 9.84 Å². The third-order valence-electron chi connectivity index (χ3n) is 3.87. The van der Waals surface area contributed by atoms with Gasteiger partial charge < -0.3 is 5.73 Å². The van der Waals surface area contributed by atoms with Crippen LogP contribution in [0.5, 0.6) is 0 Å². The lowest BCUT2D eigenvalue weighted by atomic mass is 10.00. The number of sulfone groups is 1. The minimum Gasteiger partial charge on any atom is -0.388 e. The lowest BCUT2D eigenvalue weighted by molar-refractivity contribution is 0.192. The van der Waals surface area contributed by atoms with Gasteiger partial charge in [0.25, 0.3) is 0 Å². The van der Waals surface area contributed by atoms with Crippen molar-refractivity contribution in [3.8, 4) is 0 Å². The van der Waals surface area contributed by atoms with Crippen molar-refractivity contribution >= 4 is 15.7 Å². The number of hydrogen-bond acceptors (Lipinski definition) is 4. The molecule has 2 atom stereocenters. The van der Waals surface area contributed by atoms with Crippen LogP contribution >= 0.6 is 0 Å². The molecule has 1 fully saturated rings. The normalized spacial score (nSPS) is 22.8. The second-order valence-electron chi connectivity index (χ2n) is 5.38. The summed E-state index contributed by atoms with van der Waals surface area (Å²) < 4.78 is 23.3. The van der Waals surface area contributed by atoms with Crippen molar-refractivity contribution in [2.75, 3.05) is 18.6 Å². The summed E-state index contributed by atoms with van der Waals surface area (Å²) in [6.45, 7) is 0. The molecule has 0 saturated carbocycles. The average Bonchev–Trinajstić information content (AvgIpc) is 2.76. The van der Waals surface area contributed by atoms with Gasteiger partial charge in [0.05, 0.1) is 17.3 Å². The highest BCUT2D eigenvalue weighted by molar-refractivity contribution is 7.91. The smallest absolute Gasteiger partial charge is 0.151 e. The molecular weight excluding hydrogens is 274 g/mol. The van der Waals surface area contributed by atoms with Crippen LogP contribution in [0.1, 0.15) is 24.4 Å².